The highest BCUT2D eigenvalue weighted by Gasteiger charge is 2.12. The molecule has 0 amide bonds. The summed E-state index contributed by atoms with van der Waals surface area (Å²) in [5, 5.41) is 2.86. The van der Waals surface area contributed by atoms with Crippen LogP contribution in [-0.4, -0.2) is 0 Å². The molecule has 0 aliphatic carbocycles. The molecule has 0 saturated heterocycles. The van der Waals surface area contributed by atoms with Gasteiger partial charge in [-0.1, -0.05) is 97.3 Å². The Hall–Kier alpha value is -1.64. The summed E-state index contributed by atoms with van der Waals surface area (Å²) in [6, 6.07) is 14.8. The van der Waals surface area contributed by atoms with Crippen molar-refractivity contribution >= 4 is 42.8 Å². The molecule has 0 radical (unpaired) electrons. The minimum Gasteiger partial charge on any atom is -0.140 e. The van der Waals surface area contributed by atoms with Crippen LogP contribution in [0.2, 0.25) is 0 Å². The minimum absolute atomic E-state index is 1.24. The first-order chi connectivity index (χ1) is 19.1. The van der Waals surface area contributed by atoms with Gasteiger partial charge in [-0.15, -0.1) is 22.7 Å². The van der Waals surface area contributed by atoms with Gasteiger partial charge >= 0.3 is 0 Å². The van der Waals surface area contributed by atoms with Crippen molar-refractivity contribution in [3.05, 3.63) is 57.3 Å². The van der Waals surface area contributed by atoms with Crippen molar-refractivity contribution in [2.75, 3.05) is 0 Å². The molecule has 0 bridgehead atoms. The molecule has 0 unspecified atom stereocenters. The van der Waals surface area contributed by atoms with E-state index < -0.39 is 0 Å². The lowest BCUT2D eigenvalue weighted by atomic mass is 9.94. The molecule has 4 rings (SSSR count). The summed E-state index contributed by atoms with van der Waals surface area (Å²) in [6.07, 6.45) is 23.3. The van der Waals surface area contributed by atoms with Gasteiger partial charge in [0.1, 0.15) is 0 Å². The van der Waals surface area contributed by atoms with Gasteiger partial charge in [0.15, 0.2) is 0 Å². The number of unbranched alkanes of at least 4 members (excludes halogenated alkanes) is 13. The Morgan fingerprint density at radius 3 is 1.18 bits per heavy atom. The quantitative estimate of drug-likeness (QED) is 0.106. The van der Waals surface area contributed by atoms with Crippen molar-refractivity contribution in [3.63, 3.8) is 0 Å². The summed E-state index contributed by atoms with van der Waals surface area (Å²) in [5.41, 5.74) is 5.64. The predicted molar refractivity (Wildman–Crippen MR) is 180 cm³/mol. The third-order valence-electron chi connectivity index (χ3n) is 8.42. The van der Waals surface area contributed by atoms with Crippen LogP contribution in [0.1, 0.15) is 131 Å². The molecule has 0 nitrogen and oxygen atoms in total. The zero-order valence-electron chi connectivity index (χ0n) is 25.3. The summed E-state index contributed by atoms with van der Waals surface area (Å²) in [6.45, 7) is 9.20. The molecule has 4 aromatic rings. The van der Waals surface area contributed by atoms with Crippen LogP contribution in [0.4, 0.5) is 0 Å². The first-order valence-corrected chi connectivity index (χ1v) is 17.8. The Bertz CT molecular complexity index is 1290. The molecule has 2 aromatic carbocycles. The molecule has 0 aliphatic rings. The van der Waals surface area contributed by atoms with Crippen LogP contribution in [0.5, 0.6) is 0 Å². The van der Waals surface area contributed by atoms with Crippen LogP contribution in [0.15, 0.2) is 36.4 Å². The molecule has 39 heavy (non-hydrogen) atoms. The van der Waals surface area contributed by atoms with Crippen molar-refractivity contribution in [2.24, 2.45) is 0 Å². The predicted octanol–water partition coefficient (Wildman–Crippen LogP) is 13.4. The van der Waals surface area contributed by atoms with Crippen LogP contribution in [0.3, 0.4) is 0 Å². The molecule has 2 heteroatoms. The second-order valence-corrected chi connectivity index (χ2v) is 14.3. The lowest BCUT2D eigenvalue weighted by Crippen LogP contribution is -1.87. The van der Waals surface area contributed by atoms with Gasteiger partial charge in [0.25, 0.3) is 0 Å². The molecule has 0 saturated carbocycles. The van der Waals surface area contributed by atoms with Gasteiger partial charge in [-0.2, -0.15) is 0 Å². The number of fused-ring (bicyclic) bond motifs is 2. The van der Waals surface area contributed by atoms with E-state index in [4.69, 9.17) is 0 Å². The largest absolute Gasteiger partial charge is 0.140 e. The zero-order chi connectivity index (χ0) is 27.5. The van der Waals surface area contributed by atoms with Gasteiger partial charge in [0.05, 0.1) is 0 Å². The van der Waals surface area contributed by atoms with Crippen molar-refractivity contribution in [2.45, 2.75) is 137 Å². The smallest absolute Gasteiger partial charge is 0.0348 e. The highest BCUT2D eigenvalue weighted by Crippen LogP contribution is 2.38. The van der Waals surface area contributed by atoms with Gasteiger partial charge < -0.3 is 0 Å². The third kappa shape index (κ3) is 8.92. The molecular formula is C37H52S2. The van der Waals surface area contributed by atoms with E-state index in [1.165, 1.54) is 152 Å². The maximum atomic E-state index is 2.48. The normalized spacial score (nSPS) is 11.8. The SMILES string of the molecule is CCCCCCCCCCc1cc2cc(-c3cc4cc(CCCCCCCCC)sc4cc3C)c(C)cc2s1. The zero-order valence-corrected chi connectivity index (χ0v) is 26.9. The Balaban J connectivity index is 1.37. The second-order valence-electron chi connectivity index (χ2n) is 11.9. The van der Waals surface area contributed by atoms with Crippen LogP contribution in [0, 0.1) is 13.8 Å². The second kappa shape index (κ2) is 16.0. The molecule has 2 aromatic heterocycles. The molecule has 2 heterocycles. The molecule has 0 fully saturated rings. The fraction of sp³-hybridized carbons (Fsp3) is 0.568. The Morgan fingerprint density at radius 1 is 0.436 bits per heavy atom. The summed E-state index contributed by atoms with van der Waals surface area (Å²) in [7, 11) is 0. The Kier molecular flexibility index (Phi) is 12.4. The van der Waals surface area contributed by atoms with E-state index in [1.807, 2.05) is 22.7 Å². The highest BCUT2D eigenvalue weighted by atomic mass is 32.1. The third-order valence-corrected chi connectivity index (χ3v) is 10.7. The highest BCUT2D eigenvalue weighted by molar-refractivity contribution is 7.19. The first kappa shape index (κ1) is 30.3. The molecule has 0 aliphatic heterocycles. The van der Waals surface area contributed by atoms with E-state index >= 15 is 0 Å². The van der Waals surface area contributed by atoms with E-state index in [9.17, 15) is 0 Å². The lowest BCUT2D eigenvalue weighted by molar-refractivity contribution is 0.576. The maximum absolute atomic E-state index is 2.48. The van der Waals surface area contributed by atoms with Crippen molar-refractivity contribution in [1.29, 1.82) is 0 Å². The summed E-state index contributed by atoms with van der Waals surface area (Å²) >= 11 is 4.03. The Labute approximate surface area is 247 Å². The van der Waals surface area contributed by atoms with Gasteiger partial charge in [0.2, 0.25) is 0 Å². The van der Waals surface area contributed by atoms with Crippen molar-refractivity contribution < 1.29 is 0 Å². The maximum Gasteiger partial charge on any atom is 0.0348 e. The lowest BCUT2D eigenvalue weighted by Gasteiger charge is -2.10. The van der Waals surface area contributed by atoms with Crippen LogP contribution < -0.4 is 0 Å². The van der Waals surface area contributed by atoms with Crippen LogP contribution in [0.25, 0.3) is 31.3 Å². The fourth-order valence-electron chi connectivity index (χ4n) is 6.00. The fourth-order valence-corrected chi connectivity index (χ4v) is 8.38. The van der Waals surface area contributed by atoms with E-state index in [2.05, 4.69) is 64.1 Å². The van der Waals surface area contributed by atoms with Crippen LogP contribution >= 0.6 is 22.7 Å². The average molecular weight is 561 g/mol. The van der Waals surface area contributed by atoms with Gasteiger partial charge in [-0.05, 0) is 109 Å². The minimum atomic E-state index is 1.24. The van der Waals surface area contributed by atoms with Crippen LogP contribution in [-0.2, 0) is 12.8 Å². The topological polar surface area (TPSA) is 0 Å². The van der Waals surface area contributed by atoms with E-state index in [0.717, 1.165) is 0 Å². The Morgan fingerprint density at radius 2 is 0.795 bits per heavy atom. The number of hydrogen-bond donors (Lipinski definition) is 0. The summed E-state index contributed by atoms with van der Waals surface area (Å²) in [4.78, 5) is 3.12. The number of aryl methyl sites for hydroxylation is 4. The summed E-state index contributed by atoms with van der Waals surface area (Å²) < 4.78 is 2.91. The molecule has 0 N–H and O–H groups in total. The average Bonchev–Trinajstić information content (AvgIpc) is 3.51. The molecular weight excluding hydrogens is 509 g/mol. The summed E-state index contributed by atoms with van der Waals surface area (Å²) in [5.74, 6) is 0. The number of hydrogen-bond acceptors (Lipinski definition) is 2. The van der Waals surface area contributed by atoms with Crippen molar-refractivity contribution in [1.82, 2.24) is 0 Å². The van der Waals surface area contributed by atoms with E-state index in [0.29, 0.717) is 0 Å². The molecule has 0 atom stereocenters. The monoisotopic (exact) mass is 560 g/mol. The first-order valence-electron chi connectivity index (χ1n) is 16.2. The molecule has 212 valence electrons. The van der Waals surface area contributed by atoms with E-state index in [-0.39, 0.29) is 0 Å². The number of thiophene rings is 2. The van der Waals surface area contributed by atoms with Gasteiger partial charge in [-0.25, -0.2) is 0 Å². The molecule has 0 spiro atoms. The van der Waals surface area contributed by atoms with Gasteiger partial charge in [-0.3, -0.25) is 0 Å². The number of rotatable bonds is 18. The standard InChI is InChI=1S/C37H52S2/c1-5-7-9-11-13-15-17-19-21-33-25-31-27-35(29(4)23-37(31)39-33)34-26-30-24-32(38-36(30)22-28(34)3)20-18-16-14-12-10-8-6-2/h22-27H,5-21H2,1-4H3. The number of benzene rings is 2. The van der Waals surface area contributed by atoms with Crippen molar-refractivity contribution in [3.8, 4) is 11.1 Å². The van der Waals surface area contributed by atoms with E-state index in [1.54, 1.807) is 9.75 Å². The van der Waals surface area contributed by atoms with Gasteiger partial charge in [0, 0.05) is 19.2 Å².